The van der Waals surface area contributed by atoms with E-state index in [4.69, 9.17) is 5.73 Å². The van der Waals surface area contributed by atoms with Crippen molar-refractivity contribution in [2.45, 2.75) is 20.0 Å². The van der Waals surface area contributed by atoms with Gasteiger partial charge in [0.2, 0.25) is 0 Å². The van der Waals surface area contributed by atoms with Crippen LogP contribution in [0, 0.1) is 0 Å². The second kappa shape index (κ2) is 5.64. The molecule has 0 aliphatic rings. The van der Waals surface area contributed by atoms with E-state index < -0.39 is 0 Å². The first-order valence-electron chi connectivity index (χ1n) is 6.37. The molecular formula is C14H18N4O2. The first kappa shape index (κ1) is 13.9. The number of benzene rings is 1. The normalized spacial score (nSPS) is 10.5. The van der Waals surface area contributed by atoms with Crippen LogP contribution in [0.2, 0.25) is 0 Å². The molecule has 1 heterocycles. The largest absolute Gasteiger partial charge is 0.508 e. The maximum Gasteiger partial charge on any atom is 0.274 e. The number of aryl methyl sites for hydroxylation is 1. The van der Waals surface area contributed by atoms with Crippen LogP contribution < -0.4 is 5.73 Å². The molecule has 6 nitrogen and oxygen atoms in total. The number of nitrogens with two attached hydrogens (primary N) is 1. The smallest absolute Gasteiger partial charge is 0.274 e. The monoisotopic (exact) mass is 274 g/mol. The number of nitrogens with zero attached hydrogens (tertiary/aromatic N) is 3. The third kappa shape index (κ3) is 2.74. The van der Waals surface area contributed by atoms with E-state index >= 15 is 0 Å². The van der Waals surface area contributed by atoms with Crippen LogP contribution in [0.15, 0.2) is 30.5 Å². The van der Waals surface area contributed by atoms with E-state index in [0.717, 1.165) is 5.56 Å². The van der Waals surface area contributed by atoms with Crippen LogP contribution in [-0.4, -0.2) is 32.7 Å². The molecule has 20 heavy (non-hydrogen) atoms. The Balaban J connectivity index is 2.18. The lowest BCUT2D eigenvalue weighted by Gasteiger charge is -2.18. The van der Waals surface area contributed by atoms with Crippen LogP contribution in [0.1, 0.15) is 23.0 Å². The molecule has 3 N–H and O–H groups in total. The lowest BCUT2D eigenvalue weighted by molar-refractivity contribution is 0.0773. The highest BCUT2D eigenvalue weighted by Gasteiger charge is 2.20. The Labute approximate surface area is 117 Å². The van der Waals surface area contributed by atoms with Gasteiger partial charge < -0.3 is 15.7 Å². The molecule has 0 aliphatic heterocycles. The Hall–Kier alpha value is -2.50. The summed E-state index contributed by atoms with van der Waals surface area (Å²) in [5.41, 5.74) is 7.42. The number of phenols is 1. The number of aromatic nitrogens is 2. The molecule has 0 saturated heterocycles. The molecule has 1 amide bonds. The predicted molar refractivity (Wildman–Crippen MR) is 76.2 cm³/mol. The molecule has 0 saturated carbocycles. The van der Waals surface area contributed by atoms with Crippen molar-refractivity contribution in [3.63, 3.8) is 0 Å². The molecule has 6 heteroatoms. The number of aromatic hydroxyl groups is 1. The molecule has 0 fully saturated rings. The fraction of sp³-hybridized carbons (Fsp3) is 0.286. The van der Waals surface area contributed by atoms with E-state index in [1.165, 1.54) is 6.20 Å². The van der Waals surface area contributed by atoms with E-state index in [-0.39, 0.29) is 11.7 Å². The van der Waals surface area contributed by atoms with Crippen molar-refractivity contribution in [1.29, 1.82) is 0 Å². The summed E-state index contributed by atoms with van der Waals surface area (Å²) in [5, 5.41) is 13.5. The topological polar surface area (TPSA) is 84.4 Å². The van der Waals surface area contributed by atoms with Crippen LogP contribution in [-0.2, 0) is 13.1 Å². The van der Waals surface area contributed by atoms with Gasteiger partial charge in [0.25, 0.3) is 5.91 Å². The highest BCUT2D eigenvalue weighted by atomic mass is 16.3. The summed E-state index contributed by atoms with van der Waals surface area (Å²) in [6, 6.07) is 6.82. The minimum atomic E-state index is -0.190. The summed E-state index contributed by atoms with van der Waals surface area (Å²) in [6.45, 7) is 2.87. The van der Waals surface area contributed by atoms with E-state index in [0.29, 0.717) is 24.5 Å². The standard InChI is InChI=1S/C14H18N4O2/c1-3-18-13(12(15)8-16-18)14(20)17(2)9-10-5-4-6-11(19)7-10/h4-8,19H,3,9,15H2,1-2H3. The lowest BCUT2D eigenvalue weighted by Crippen LogP contribution is -2.29. The molecule has 2 rings (SSSR count). The van der Waals surface area contributed by atoms with E-state index in [9.17, 15) is 9.90 Å². The number of rotatable bonds is 4. The van der Waals surface area contributed by atoms with Crippen molar-refractivity contribution in [3.8, 4) is 5.75 Å². The van der Waals surface area contributed by atoms with Gasteiger partial charge in [-0.15, -0.1) is 0 Å². The van der Waals surface area contributed by atoms with Gasteiger partial charge >= 0.3 is 0 Å². The summed E-state index contributed by atoms with van der Waals surface area (Å²) in [6.07, 6.45) is 1.49. The maximum absolute atomic E-state index is 12.4. The highest BCUT2D eigenvalue weighted by Crippen LogP contribution is 2.16. The van der Waals surface area contributed by atoms with Crippen molar-refractivity contribution in [2.24, 2.45) is 0 Å². The van der Waals surface area contributed by atoms with Gasteiger partial charge in [-0.05, 0) is 24.6 Å². The van der Waals surface area contributed by atoms with Crippen LogP contribution in [0.25, 0.3) is 0 Å². The Bertz CT molecular complexity index is 621. The summed E-state index contributed by atoms with van der Waals surface area (Å²) in [5.74, 6) is -0.00773. The number of nitrogen functional groups attached to an aromatic ring is 1. The Morgan fingerprint density at radius 1 is 1.50 bits per heavy atom. The van der Waals surface area contributed by atoms with E-state index in [1.54, 1.807) is 34.8 Å². The summed E-state index contributed by atoms with van der Waals surface area (Å²) >= 11 is 0. The average Bonchev–Trinajstić information content (AvgIpc) is 2.79. The minimum absolute atomic E-state index is 0.182. The fourth-order valence-corrected chi connectivity index (χ4v) is 2.05. The zero-order valence-corrected chi connectivity index (χ0v) is 11.6. The first-order chi connectivity index (χ1) is 9.52. The SMILES string of the molecule is CCn1ncc(N)c1C(=O)N(C)Cc1cccc(O)c1. The van der Waals surface area contributed by atoms with Crippen LogP contribution in [0.4, 0.5) is 5.69 Å². The Morgan fingerprint density at radius 2 is 2.25 bits per heavy atom. The molecule has 2 aromatic rings. The highest BCUT2D eigenvalue weighted by molar-refractivity contribution is 5.97. The molecule has 1 aromatic heterocycles. The Morgan fingerprint density at radius 3 is 2.90 bits per heavy atom. The summed E-state index contributed by atoms with van der Waals surface area (Å²) in [4.78, 5) is 14.0. The summed E-state index contributed by atoms with van der Waals surface area (Å²) in [7, 11) is 1.69. The van der Waals surface area contributed by atoms with Crippen molar-refractivity contribution in [3.05, 3.63) is 41.7 Å². The molecule has 106 valence electrons. The Kier molecular flexibility index (Phi) is 3.93. The van der Waals surface area contributed by atoms with Crippen molar-refractivity contribution in [1.82, 2.24) is 14.7 Å². The van der Waals surface area contributed by atoms with Gasteiger partial charge in [-0.3, -0.25) is 9.48 Å². The molecule has 0 spiro atoms. The van der Waals surface area contributed by atoms with Crippen molar-refractivity contribution in [2.75, 3.05) is 12.8 Å². The number of anilines is 1. The molecule has 0 unspecified atom stereocenters. The second-order valence-electron chi connectivity index (χ2n) is 4.60. The zero-order valence-electron chi connectivity index (χ0n) is 11.6. The number of phenolic OH excluding ortho intramolecular Hbond substituents is 1. The lowest BCUT2D eigenvalue weighted by atomic mass is 10.2. The molecule has 1 aromatic carbocycles. The van der Waals surface area contributed by atoms with Gasteiger partial charge in [0.1, 0.15) is 11.4 Å². The average molecular weight is 274 g/mol. The molecule has 0 radical (unpaired) electrons. The van der Waals surface area contributed by atoms with Gasteiger partial charge in [-0.25, -0.2) is 0 Å². The van der Waals surface area contributed by atoms with Crippen molar-refractivity contribution < 1.29 is 9.90 Å². The van der Waals surface area contributed by atoms with Gasteiger partial charge in [0.05, 0.1) is 11.9 Å². The zero-order chi connectivity index (χ0) is 14.7. The quantitative estimate of drug-likeness (QED) is 0.884. The number of hydrogen-bond acceptors (Lipinski definition) is 4. The van der Waals surface area contributed by atoms with Gasteiger partial charge in [-0.1, -0.05) is 12.1 Å². The fourth-order valence-electron chi connectivity index (χ4n) is 2.05. The van der Waals surface area contributed by atoms with Crippen molar-refractivity contribution >= 4 is 11.6 Å². The van der Waals surface area contributed by atoms with Crippen LogP contribution in [0.3, 0.4) is 0 Å². The van der Waals surface area contributed by atoms with Gasteiger partial charge in [0.15, 0.2) is 0 Å². The molecular weight excluding hydrogens is 256 g/mol. The van der Waals surface area contributed by atoms with Gasteiger partial charge in [-0.2, -0.15) is 5.10 Å². The molecule has 0 bridgehead atoms. The molecule has 0 atom stereocenters. The molecule has 0 aliphatic carbocycles. The third-order valence-electron chi connectivity index (χ3n) is 3.05. The summed E-state index contributed by atoms with van der Waals surface area (Å²) < 4.78 is 1.58. The van der Waals surface area contributed by atoms with E-state index in [1.807, 2.05) is 13.0 Å². The number of carbonyl (C=O) groups excluding carboxylic acids is 1. The predicted octanol–water partition coefficient (Wildman–Crippen LogP) is 1.46. The number of amides is 1. The second-order valence-corrected chi connectivity index (χ2v) is 4.60. The van der Waals surface area contributed by atoms with Gasteiger partial charge in [0, 0.05) is 20.1 Å². The minimum Gasteiger partial charge on any atom is -0.508 e. The maximum atomic E-state index is 12.4. The van der Waals surface area contributed by atoms with Crippen LogP contribution in [0.5, 0.6) is 5.75 Å². The van der Waals surface area contributed by atoms with Crippen LogP contribution >= 0.6 is 0 Å². The number of hydrogen-bond donors (Lipinski definition) is 2. The third-order valence-corrected chi connectivity index (χ3v) is 3.05. The van der Waals surface area contributed by atoms with E-state index in [2.05, 4.69) is 5.10 Å². The number of carbonyl (C=O) groups is 1. The first-order valence-corrected chi connectivity index (χ1v) is 6.37.